The number of halogens is 3. The van der Waals surface area contributed by atoms with Crippen molar-refractivity contribution in [1.82, 2.24) is 4.72 Å². The van der Waals surface area contributed by atoms with E-state index >= 15 is 0 Å². The van der Waals surface area contributed by atoms with Gasteiger partial charge in [0.2, 0.25) is 5.91 Å². The molecular weight excluding hydrogens is 307 g/mol. The first-order valence-corrected chi connectivity index (χ1v) is 6.20. The molecule has 0 atom stereocenters. The second kappa shape index (κ2) is 5.82. The number of primary amides is 1. The van der Waals surface area contributed by atoms with Crippen molar-refractivity contribution in [2.45, 2.75) is 3.12 Å². The Bertz CT molecular complexity index is 448. The largest absolute Gasteiger partial charge is 0.366 e. The van der Waals surface area contributed by atoms with Crippen LogP contribution < -0.4 is 10.5 Å². The molecule has 0 aliphatic rings. The fourth-order valence-electron chi connectivity index (χ4n) is 1.06. The minimum Gasteiger partial charge on any atom is -0.366 e. The van der Waals surface area contributed by atoms with Gasteiger partial charge in [-0.1, -0.05) is 46.9 Å². The third kappa shape index (κ3) is 4.63. The molecule has 8 heteroatoms. The molecule has 0 radical (unpaired) electrons. The van der Waals surface area contributed by atoms with Gasteiger partial charge in [0.15, 0.2) is 0 Å². The number of nitrogens with one attached hydrogen (secondary N) is 1. The van der Waals surface area contributed by atoms with E-state index in [1.807, 2.05) is 0 Å². The fraction of sp³-hybridized carbons (Fsp3) is 0.111. The summed E-state index contributed by atoms with van der Waals surface area (Å²) >= 11 is 17.0. The van der Waals surface area contributed by atoms with Crippen molar-refractivity contribution < 1.29 is 9.59 Å². The van der Waals surface area contributed by atoms with Crippen molar-refractivity contribution in [3.05, 3.63) is 35.4 Å². The molecule has 0 saturated heterocycles. The van der Waals surface area contributed by atoms with E-state index in [4.69, 9.17) is 40.5 Å². The van der Waals surface area contributed by atoms with Gasteiger partial charge in [-0.2, -0.15) is 0 Å². The van der Waals surface area contributed by atoms with Gasteiger partial charge in [0.05, 0.1) is 11.1 Å². The van der Waals surface area contributed by atoms with E-state index in [1.54, 1.807) is 12.1 Å². The molecule has 3 N–H and O–H groups in total. The van der Waals surface area contributed by atoms with Crippen molar-refractivity contribution >= 4 is 58.6 Å². The van der Waals surface area contributed by atoms with Crippen LogP contribution in [0.3, 0.4) is 0 Å². The molecule has 2 amide bonds. The molecule has 0 fully saturated rings. The third-order valence-electron chi connectivity index (χ3n) is 1.70. The molecule has 0 unspecified atom stereocenters. The van der Waals surface area contributed by atoms with E-state index < -0.39 is 14.9 Å². The number of amides is 2. The van der Waals surface area contributed by atoms with Crippen LogP contribution in [0.25, 0.3) is 0 Å². The zero-order valence-corrected chi connectivity index (χ0v) is 11.3. The van der Waals surface area contributed by atoms with Gasteiger partial charge >= 0.3 is 0 Å². The van der Waals surface area contributed by atoms with E-state index in [9.17, 15) is 9.59 Å². The molecule has 0 aliphatic carbocycles. The van der Waals surface area contributed by atoms with Crippen molar-refractivity contribution in [3.8, 4) is 0 Å². The lowest BCUT2D eigenvalue weighted by Crippen LogP contribution is -2.24. The molecule has 4 nitrogen and oxygen atoms in total. The van der Waals surface area contributed by atoms with E-state index in [-0.39, 0.29) is 11.1 Å². The Morgan fingerprint density at radius 2 is 1.71 bits per heavy atom. The van der Waals surface area contributed by atoms with Gasteiger partial charge in [0.1, 0.15) is 0 Å². The molecule has 0 aromatic heterocycles. The lowest BCUT2D eigenvalue weighted by atomic mass is 10.1. The van der Waals surface area contributed by atoms with Crippen LogP contribution in [0.5, 0.6) is 0 Å². The molecule has 1 aromatic rings. The van der Waals surface area contributed by atoms with Gasteiger partial charge in [-0.3, -0.25) is 14.3 Å². The Labute approximate surface area is 117 Å². The highest BCUT2D eigenvalue weighted by molar-refractivity contribution is 8.03. The average Bonchev–Trinajstić information content (AvgIpc) is 2.25. The third-order valence-corrected chi connectivity index (χ3v) is 2.91. The molecule has 1 aromatic carbocycles. The lowest BCUT2D eigenvalue weighted by molar-refractivity contribution is 0.0958. The molecule has 17 heavy (non-hydrogen) atoms. The predicted molar refractivity (Wildman–Crippen MR) is 70.3 cm³/mol. The number of alkyl halides is 3. The highest BCUT2D eigenvalue weighted by atomic mass is 35.6. The molecule has 1 rings (SSSR count). The maximum atomic E-state index is 11.7. The van der Waals surface area contributed by atoms with E-state index in [0.717, 1.165) is 0 Å². The normalized spacial score (nSPS) is 11.0. The minimum absolute atomic E-state index is 0.106. The Balaban J connectivity index is 2.86. The van der Waals surface area contributed by atoms with Crippen LogP contribution >= 0.6 is 46.8 Å². The van der Waals surface area contributed by atoms with Crippen molar-refractivity contribution in [3.63, 3.8) is 0 Å². The Kier molecular flexibility index (Phi) is 4.94. The summed E-state index contributed by atoms with van der Waals surface area (Å²) in [4.78, 5) is 22.8. The number of hydrogen-bond acceptors (Lipinski definition) is 3. The second-order valence-corrected chi connectivity index (χ2v) is 6.86. The van der Waals surface area contributed by atoms with Crippen LogP contribution in [-0.2, 0) is 0 Å². The zero-order chi connectivity index (χ0) is 13.1. The number of carbonyl (C=O) groups is 2. The highest BCUT2D eigenvalue weighted by Gasteiger charge is 2.23. The van der Waals surface area contributed by atoms with E-state index in [1.165, 1.54) is 12.1 Å². The van der Waals surface area contributed by atoms with Crippen LogP contribution in [-0.4, -0.2) is 14.9 Å². The number of benzene rings is 1. The molecule has 0 aliphatic heterocycles. The number of rotatable bonds is 3. The topological polar surface area (TPSA) is 72.2 Å². The smallest absolute Gasteiger partial charge is 0.262 e. The standard InChI is InChI=1S/C9H7Cl3N2O2S/c10-9(11,12)17-14-8(16)6-4-2-1-3-5(6)7(13)15/h1-4H,(H2,13,15)(H,14,16). The summed E-state index contributed by atoms with van der Waals surface area (Å²) in [5, 5.41) is 0. The first-order valence-electron chi connectivity index (χ1n) is 4.25. The van der Waals surface area contributed by atoms with E-state index in [0.29, 0.717) is 11.9 Å². The number of nitrogens with two attached hydrogens (primary N) is 1. The fourth-order valence-corrected chi connectivity index (χ4v) is 1.72. The maximum absolute atomic E-state index is 11.7. The summed E-state index contributed by atoms with van der Waals surface area (Å²) in [5.74, 6) is -1.26. The quantitative estimate of drug-likeness (QED) is 0.665. The Hall–Kier alpha value is -0.620. The number of hydrogen-bond donors (Lipinski definition) is 2. The van der Waals surface area contributed by atoms with Crippen molar-refractivity contribution in [2.24, 2.45) is 5.73 Å². The first kappa shape index (κ1) is 14.4. The Morgan fingerprint density at radius 1 is 1.18 bits per heavy atom. The minimum atomic E-state index is -1.67. The van der Waals surface area contributed by atoms with Crippen LogP contribution in [0.2, 0.25) is 0 Å². The molecule has 92 valence electrons. The zero-order valence-electron chi connectivity index (χ0n) is 8.25. The average molecular weight is 314 g/mol. The highest BCUT2D eigenvalue weighted by Crippen LogP contribution is 2.36. The maximum Gasteiger partial charge on any atom is 0.262 e. The van der Waals surface area contributed by atoms with Gasteiger partial charge in [-0.15, -0.1) is 0 Å². The molecule has 0 spiro atoms. The van der Waals surface area contributed by atoms with Gasteiger partial charge in [0.25, 0.3) is 9.03 Å². The number of carbonyl (C=O) groups excluding carboxylic acids is 2. The van der Waals surface area contributed by atoms with Gasteiger partial charge in [-0.05, 0) is 12.1 Å². The van der Waals surface area contributed by atoms with Crippen molar-refractivity contribution in [1.29, 1.82) is 0 Å². The van der Waals surface area contributed by atoms with E-state index in [2.05, 4.69) is 4.72 Å². The summed E-state index contributed by atoms with van der Waals surface area (Å²) in [6, 6.07) is 6.09. The summed E-state index contributed by atoms with van der Waals surface area (Å²) < 4.78 is 0.639. The summed E-state index contributed by atoms with van der Waals surface area (Å²) in [7, 11) is 0. The first-order chi connectivity index (χ1) is 7.81. The Morgan fingerprint density at radius 3 is 2.18 bits per heavy atom. The van der Waals surface area contributed by atoms with Gasteiger partial charge in [-0.25, -0.2) is 0 Å². The molecule has 0 heterocycles. The van der Waals surface area contributed by atoms with Crippen LogP contribution in [0.1, 0.15) is 20.7 Å². The summed E-state index contributed by atoms with van der Waals surface area (Å²) in [5.41, 5.74) is 5.36. The predicted octanol–water partition coefficient (Wildman–Crippen LogP) is 2.49. The second-order valence-electron chi connectivity index (χ2n) is 2.89. The lowest BCUT2D eigenvalue weighted by Gasteiger charge is -2.11. The monoisotopic (exact) mass is 312 g/mol. The van der Waals surface area contributed by atoms with Crippen LogP contribution in [0.15, 0.2) is 24.3 Å². The van der Waals surface area contributed by atoms with Gasteiger partial charge < -0.3 is 5.73 Å². The van der Waals surface area contributed by atoms with Gasteiger partial charge in [0, 0.05) is 11.9 Å². The summed E-state index contributed by atoms with van der Waals surface area (Å²) in [6.07, 6.45) is 0. The molecule has 0 saturated carbocycles. The van der Waals surface area contributed by atoms with Crippen molar-refractivity contribution in [2.75, 3.05) is 0 Å². The summed E-state index contributed by atoms with van der Waals surface area (Å²) in [6.45, 7) is 0. The molecule has 0 bridgehead atoms. The SMILES string of the molecule is NC(=O)c1ccccc1C(=O)NSC(Cl)(Cl)Cl. The van der Waals surface area contributed by atoms with Crippen LogP contribution in [0.4, 0.5) is 0 Å². The van der Waals surface area contributed by atoms with Crippen LogP contribution in [0, 0.1) is 0 Å². The molecular formula is C9H7Cl3N2O2S.